The minimum atomic E-state index is -3.55. The fraction of sp³-hybridized carbons (Fsp3) is 0.650. The van der Waals surface area contributed by atoms with Gasteiger partial charge in [0.25, 0.3) is 0 Å². The second-order valence-corrected chi connectivity index (χ2v) is 9.73. The number of rotatable bonds is 4. The predicted octanol–water partition coefficient (Wildman–Crippen LogP) is 1.70. The van der Waals surface area contributed by atoms with Crippen molar-refractivity contribution in [3.63, 3.8) is 0 Å². The summed E-state index contributed by atoms with van der Waals surface area (Å²) in [6, 6.07) is 8.47. The number of hydrogen-bond donors (Lipinski definition) is 0. The molecule has 8 heteroatoms. The molecule has 1 amide bonds. The Morgan fingerprint density at radius 3 is 2.32 bits per heavy atom. The van der Waals surface area contributed by atoms with Gasteiger partial charge in [0.1, 0.15) is 0 Å². The van der Waals surface area contributed by atoms with Gasteiger partial charge in [-0.1, -0.05) is 18.2 Å². The third-order valence-corrected chi connectivity index (χ3v) is 7.88. The molecule has 3 fully saturated rings. The average Bonchev–Trinajstić information content (AvgIpc) is 3.29. The Labute approximate surface area is 166 Å². The average molecular weight is 409 g/mol. The Bertz CT molecular complexity index is 771. The van der Waals surface area contributed by atoms with Crippen LogP contribution in [0.2, 0.25) is 0 Å². The number of hydrogen-bond acceptors (Lipinski definition) is 5. The minimum absolute atomic E-state index is 0.0830. The molecule has 3 aliphatic heterocycles. The number of benzene rings is 1. The van der Waals surface area contributed by atoms with Crippen LogP contribution in [0.15, 0.2) is 35.2 Å². The van der Waals surface area contributed by atoms with E-state index in [1.165, 1.54) is 4.31 Å². The lowest BCUT2D eigenvalue weighted by Crippen LogP contribution is -2.49. The van der Waals surface area contributed by atoms with Gasteiger partial charge < -0.3 is 14.4 Å². The lowest BCUT2D eigenvalue weighted by Gasteiger charge is -2.38. The summed E-state index contributed by atoms with van der Waals surface area (Å²) in [6.07, 6.45) is 3.07. The summed E-state index contributed by atoms with van der Waals surface area (Å²) >= 11 is 0. The van der Waals surface area contributed by atoms with Crippen molar-refractivity contribution in [2.75, 3.05) is 39.4 Å². The first-order chi connectivity index (χ1) is 13.6. The summed E-state index contributed by atoms with van der Waals surface area (Å²) in [6.45, 7) is 3.42. The molecular formula is C20H28N2O5S. The zero-order valence-electron chi connectivity index (χ0n) is 16.0. The van der Waals surface area contributed by atoms with Gasteiger partial charge in [0.15, 0.2) is 6.29 Å². The number of carbonyl (C=O) groups is 1. The van der Waals surface area contributed by atoms with Crippen LogP contribution in [0.4, 0.5) is 0 Å². The summed E-state index contributed by atoms with van der Waals surface area (Å²) in [4.78, 5) is 15.2. The summed E-state index contributed by atoms with van der Waals surface area (Å²) < 4.78 is 38.5. The van der Waals surface area contributed by atoms with E-state index in [9.17, 15) is 13.2 Å². The molecule has 0 N–H and O–H groups in total. The Morgan fingerprint density at radius 2 is 1.64 bits per heavy atom. The molecule has 28 heavy (non-hydrogen) atoms. The first-order valence-corrected chi connectivity index (χ1v) is 11.6. The molecule has 3 aliphatic rings. The maximum atomic E-state index is 13.0. The van der Waals surface area contributed by atoms with Gasteiger partial charge in [0.05, 0.1) is 24.0 Å². The standard InChI is InChI=1S/C20H28N2O5S/c23-19(21-11-8-16(9-12-21)20-26-13-14-27-20)17-5-4-10-22(15-17)28(24,25)18-6-2-1-3-7-18/h1-3,6-7,16-17,20H,4-5,8-15H2. The monoisotopic (exact) mass is 408 g/mol. The van der Waals surface area contributed by atoms with Crippen LogP contribution < -0.4 is 0 Å². The Hall–Kier alpha value is -1.48. The molecule has 3 heterocycles. The zero-order chi connectivity index (χ0) is 19.6. The van der Waals surface area contributed by atoms with Crippen molar-refractivity contribution in [2.24, 2.45) is 11.8 Å². The molecule has 0 spiro atoms. The van der Waals surface area contributed by atoms with Crippen molar-refractivity contribution in [1.29, 1.82) is 0 Å². The van der Waals surface area contributed by atoms with E-state index in [2.05, 4.69) is 0 Å². The molecular weight excluding hydrogens is 380 g/mol. The number of sulfonamides is 1. The first kappa shape index (κ1) is 19.8. The highest BCUT2D eigenvalue weighted by atomic mass is 32.2. The number of piperidine rings is 2. The van der Waals surface area contributed by atoms with Gasteiger partial charge in [-0.05, 0) is 37.8 Å². The van der Waals surface area contributed by atoms with Gasteiger partial charge in [0.2, 0.25) is 15.9 Å². The number of amides is 1. The van der Waals surface area contributed by atoms with Gasteiger partial charge in [-0.15, -0.1) is 0 Å². The van der Waals surface area contributed by atoms with E-state index in [0.717, 1.165) is 19.3 Å². The van der Waals surface area contributed by atoms with Crippen molar-refractivity contribution in [3.05, 3.63) is 30.3 Å². The number of likely N-dealkylation sites (tertiary alicyclic amines) is 1. The molecule has 3 saturated heterocycles. The van der Waals surface area contributed by atoms with E-state index >= 15 is 0 Å². The fourth-order valence-electron chi connectivity index (χ4n) is 4.40. The highest BCUT2D eigenvalue weighted by Gasteiger charge is 2.37. The van der Waals surface area contributed by atoms with E-state index in [1.807, 2.05) is 4.90 Å². The van der Waals surface area contributed by atoms with Crippen molar-refractivity contribution < 1.29 is 22.7 Å². The molecule has 0 saturated carbocycles. The molecule has 0 bridgehead atoms. The van der Waals surface area contributed by atoms with Crippen LogP contribution in [0, 0.1) is 11.8 Å². The smallest absolute Gasteiger partial charge is 0.243 e. The summed E-state index contributed by atoms with van der Waals surface area (Å²) in [5, 5.41) is 0. The second kappa shape index (κ2) is 8.49. The maximum absolute atomic E-state index is 13.0. The lowest BCUT2D eigenvalue weighted by atomic mass is 9.93. The second-order valence-electron chi connectivity index (χ2n) is 7.79. The number of carbonyl (C=O) groups excluding carboxylic acids is 1. The molecule has 7 nitrogen and oxygen atoms in total. The van der Waals surface area contributed by atoms with Crippen LogP contribution in [0.1, 0.15) is 25.7 Å². The molecule has 1 aromatic carbocycles. The first-order valence-electron chi connectivity index (χ1n) is 10.1. The Kier molecular flexibility index (Phi) is 6.01. The number of ether oxygens (including phenoxy) is 2. The summed E-state index contributed by atoms with van der Waals surface area (Å²) in [5.41, 5.74) is 0. The lowest BCUT2D eigenvalue weighted by molar-refractivity contribution is -0.142. The SMILES string of the molecule is O=C(C1CCCN(S(=O)(=O)c2ccccc2)C1)N1CCC(C2OCCO2)CC1. The highest BCUT2D eigenvalue weighted by molar-refractivity contribution is 7.89. The Morgan fingerprint density at radius 1 is 0.964 bits per heavy atom. The van der Waals surface area contributed by atoms with Crippen LogP contribution >= 0.6 is 0 Å². The van der Waals surface area contributed by atoms with Gasteiger partial charge in [-0.2, -0.15) is 4.31 Å². The van der Waals surface area contributed by atoms with E-state index in [1.54, 1.807) is 30.3 Å². The van der Waals surface area contributed by atoms with Gasteiger partial charge >= 0.3 is 0 Å². The van der Waals surface area contributed by atoms with Crippen LogP contribution in [-0.4, -0.2) is 69.2 Å². The minimum Gasteiger partial charge on any atom is -0.350 e. The van der Waals surface area contributed by atoms with E-state index in [4.69, 9.17) is 9.47 Å². The zero-order valence-corrected chi connectivity index (χ0v) is 16.9. The quantitative estimate of drug-likeness (QED) is 0.758. The van der Waals surface area contributed by atoms with Crippen molar-refractivity contribution >= 4 is 15.9 Å². The highest BCUT2D eigenvalue weighted by Crippen LogP contribution is 2.29. The normalized spacial score (nSPS) is 25.9. The predicted molar refractivity (Wildman–Crippen MR) is 103 cm³/mol. The van der Waals surface area contributed by atoms with Crippen LogP contribution in [0.5, 0.6) is 0 Å². The van der Waals surface area contributed by atoms with Crippen LogP contribution in [0.25, 0.3) is 0 Å². The third kappa shape index (κ3) is 4.10. The summed E-state index contributed by atoms with van der Waals surface area (Å²) in [7, 11) is -3.55. The van der Waals surface area contributed by atoms with Crippen molar-refractivity contribution in [3.8, 4) is 0 Å². The maximum Gasteiger partial charge on any atom is 0.243 e. The third-order valence-electron chi connectivity index (χ3n) is 6.00. The van der Waals surface area contributed by atoms with Crippen molar-refractivity contribution in [1.82, 2.24) is 9.21 Å². The largest absolute Gasteiger partial charge is 0.350 e. The van der Waals surface area contributed by atoms with Gasteiger partial charge in [-0.25, -0.2) is 8.42 Å². The van der Waals surface area contributed by atoms with E-state index < -0.39 is 10.0 Å². The van der Waals surface area contributed by atoms with Gasteiger partial charge in [0, 0.05) is 32.1 Å². The molecule has 0 radical (unpaired) electrons. The van der Waals surface area contributed by atoms with E-state index in [-0.39, 0.29) is 24.7 Å². The fourth-order valence-corrected chi connectivity index (χ4v) is 5.95. The van der Waals surface area contributed by atoms with Crippen LogP contribution in [0.3, 0.4) is 0 Å². The molecule has 0 aliphatic carbocycles. The van der Waals surface area contributed by atoms with E-state index in [0.29, 0.717) is 50.1 Å². The van der Waals surface area contributed by atoms with Crippen LogP contribution in [-0.2, 0) is 24.3 Å². The van der Waals surface area contributed by atoms with Crippen molar-refractivity contribution in [2.45, 2.75) is 36.9 Å². The molecule has 0 aromatic heterocycles. The molecule has 1 aromatic rings. The molecule has 4 rings (SSSR count). The topological polar surface area (TPSA) is 76.2 Å². The molecule has 154 valence electrons. The number of nitrogens with zero attached hydrogens (tertiary/aromatic N) is 2. The molecule has 1 unspecified atom stereocenters. The summed E-state index contributed by atoms with van der Waals surface area (Å²) in [5.74, 6) is 0.162. The Balaban J connectivity index is 1.36. The molecule has 1 atom stereocenters. The van der Waals surface area contributed by atoms with Gasteiger partial charge in [-0.3, -0.25) is 4.79 Å².